The van der Waals surface area contributed by atoms with Crippen molar-refractivity contribution in [1.29, 1.82) is 0 Å². The predicted octanol–water partition coefficient (Wildman–Crippen LogP) is 6.71. The topological polar surface area (TPSA) is 55.8 Å². The molecule has 4 saturated carbocycles. The molecule has 0 aromatic heterocycles. The second-order valence-corrected chi connectivity index (χ2v) is 10.9. The summed E-state index contributed by atoms with van der Waals surface area (Å²) in [6.45, 7) is 4.03. The second kappa shape index (κ2) is 9.80. The molecule has 184 valence electrons. The number of carboxylic acids is 1. The number of ether oxygens (including phenoxy) is 2. The largest absolute Gasteiger partial charge is 0.478 e. The van der Waals surface area contributed by atoms with Crippen molar-refractivity contribution >= 4 is 5.97 Å². The smallest absolute Gasteiger partial charge is 0.336 e. The van der Waals surface area contributed by atoms with Crippen LogP contribution >= 0.6 is 0 Å². The van der Waals surface area contributed by atoms with E-state index in [1.807, 2.05) is 43.3 Å². The summed E-state index contributed by atoms with van der Waals surface area (Å²) in [5.41, 5.74) is 4.10. The molecule has 4 nitrogen and oxygen atoms in total. The lowest BCUT2D eigenvalue weighted by atomic mass is 9.47. The highest BCUT2D eigenvalue weighted by Crippen LogP contribution is 2.62. The third-order valence-electron chi connectivity index (χ3n) is 8.55. The maximum Gasteiger partial charge on any atom is 0.336 e. The van der Waals surface area contributed by atoms with Crippen molar-refractivity contribution < 1.29 is 19.4 Å². The Morgan fingerprint density at radius 3 is 2.20 bits per heavy atom. The van der Waals surface area contributed by atoms with Crippen molar-refractivity contribution in [3.05, 3.63) is 70.3 Å². The Hall–Kier alpha value is -2.61. The van der Waals surface area contributed by atoms with E-state index < -0.39 is 5.97 Å². The summed E-state index contributed by atoms with van der Waals surface area (Å²) >= 11 is 0. The number of carbonyl (C=O) groups is 1. The van der Waals surface area contributed by atoms with E-state index in [9.17, 15) is 9.90 Å². The Kier molecular flexibility index (Phi) is 6.75. The van der Waals surface area contributed by atoms with Crippen molar-refractivity contribution in [1.82, 2.24) is 0 Å². The van der Waals surface area contributed by atoms with Crippen LogP contribution in [0.25, 0.3) is 0 Å². The van der Waals surface area contributed by atoms with Gasteiger partial charge in [-0.2, -0.15) is 0 Å². The lowest BCUT2D eigenvalue weighted by molar-refractivity contribution is -0.147. The molecule has 2 aromatic carbocycles. The lowest BCUT2D eigenvalue weighted by Crippen LogP contribution is -2.49. The predicted molar refractivity (Wildman–Crippen MR) is 136 cm³/mol. The number of hydrogen-bond acceptors (Lipinski definition) is 3. The third kappa shape index (κ3) is 4.65. The summed E-state index contributed by atoms with van der Waals surface area (Å²) in [5, 5.41) is 10.2. The Morgan fingerprint density at radius 2 is 1.66 bits per heavy atom. The highest BCUT2D eigenvalue weighted by molar-refractivity contribution is 5.92. The van der Waals surface area contributed by atoms with Crippen molar-refractivity contribution in [2.24, 2.45) is 17.8 Å². The molecular formula is C31H36O4. The van der Waals surface area contributed by atoms with E-state index in [4.69, 9.17) is 9.47 Å². The van der Waals surface area contributed by atoms with E-state index >= 15 is 0 Å². The molecule has 4 aliphatic rings. The highest BCUT2D eigenvalue weighted by atomic mass is 16.7. The summed E-state index contributed by atoms with van der Waals surface area (Å²) in [7, 11) is 1.65. The van der Waals surface area contributed by atoms with E-state index in [2.05, 4.69) is 18.8 Å². The summed E-state index contributed by atoms with van der Waals surface area (Å²) in [5.74, 6) is 7.94. The van der Waals surface area contributed by atoms with Crippen LogP contribution in [-0.4, -0.2) is 24.5 Å². The number of aromatic carboxylic acids is 1. The maximum atomic E-state index is 12.5. The van der Waals surface area contributed by atoms with Gasteiger partial charge in [-0.15, -0.1) is 0 Å². The fraction of sp³-hybridized carbons (Fsp3) is 0.516. The van der Waals surface area contributed by atoms with Crippen LogP contribution in [0.3, 0.4) is 0 Å². The van der Waals surface area contributed by atoms with Crippen molar-refractivity contribution in [3.63, 3.8) is 0 Å². The van der Waals surface area contributed by atoms with E-state index in [1.165, 1.54) is 19.3 Å². The first kappa shape index (κ1) is 24.1. The molecule has 0 heterocycles. The van der Waals surface area contributed by atoms with Gasteiger partial charge in [-0.05, 0) is 104 Å². The number of carboxylic acid groups (broad SMARTS) is 1. The third-order valence-corrected chi connectivity index (χ3v) is 8.55. The van der Waals surface area contributed by atoms with Gasteiger partial charge >= 0.3 is 5.97 Å². The normalized spacial score (nSPS) is 28.3. The summed E-state index contributed by atoms with van der Waals surface area (Å²) in [6, 6.07) is 13.6. The first-order valence-corrected chi connectivity index (χ1v) is 13.1. The van der Waals surface area contributed by atoms with Gasteiger partial charge < -0.3 is 14.6 Å². The van der Waals surface area contributed by atoms with Crippen LogP contribution in [0.15, 0.2) is 42.5 Å². The first-order chi connectivity index (χ1) is 16.9. The van der Waals surface area contributed by atoms with Crippen molar-refractivity contribution in [2.75, 3.05) is 7.11 Å². The molecule has 0 amide bonds. The second-order valence-electron chi connectivity index (χ2n) is 10.9. The van der Waals surface area contributed by atoms with Crippen LogP contribution in [0.5, 0.6) is 0 Å². The zero-order chi connectivity index (χ0) is 24.6. The first-order valence-electron chi connectivity index (χ1n) is 13.1. The van der Waals surface area contributed by atoms with Crippen molar-refractivity contribution in [3.8, 4) is 11.8 Å². The highest BCUT2D eigenvalue weighted by Gasteiger charge is 2.53. The van der Waals surface area contributed by atoms with Crippen LogP contribution < -0.4 is 0 Å². The van der Waals surface area contributed by atoms with Gasteiger partial charge in [0, 0.05) is 18.2 Å². The number of benzene rings is 2. The zero-order valence-electron chi connectivity index (χ0n) is 21.0. The van der Waals surface area contributed by atoms with Gasteiger partial charge in [-0.3, -0.25) is 0 Å². The molecule has 35 heavy (non-hydrogen) atoms. The van der Waals surface area contributed by atoms with Gasteiger partial charge in [-0.25, -0.2) is 4.79 Å². The molecule has 2 unspecified atom stereocenters. The Balaban J connectivity index is 1.73. The monoisotopic (exact) mass is 472 g/mol. The lowest BCUT2D eigenvalue weighted by Gasteiger charge is -2.58. The number of rotatable bonds is 7. The van der Waals surface area contributed by atoms with Gasteiger partial charge in [-0.1, -0.05) is 43.0 Å². The molecule has 6 rings (SSSR count). The summed E-state index contributed by atoms with van der Waals surface area (Å²) < 4.78 is 11.8. The average Bonchev–Trinajstić information content (AvgIpc) is 2.85. The maximum absolute atomic E-state index is 12.5. The molecule has 4 heteroatoms. The van der Waals surface area contributed by atoms with Gasteiger partial charge in [0.1, 0.15) is 0 Å². The molecule has 4 fully saturated rings. The van der Waals surface area contributed by atoms with Crippen LogP contribution in [-0.2, 0) is 14.9 Å². The van der Waals surface area contributed by atoms with E-state index in [0.717, 1.165) is 60.1 Å². The van der Waals surface area contributed by atoms with Crippen molar-refractivity contribution in [2.45, 2.75) is 76.6 Å². The van der Waals surface area contributed by atoms with Gasteiger partial charge in [0.15, 0.2) is 6.29 Å². The molecule has 0 spiro atoms. The Bertz CT molecular complexity index is 1100. The molecule has 2 atom stereocenters. The van der Waals surface area contributed by atoms with E-state index in [1.54, 1.807) is 13.2 Å². The van der Waals surface area contributed by atoms with E-state index in [0.29, 0.717) is 11.1 Å². The molecule has 2 aromatic rings. The SMILES string of the molecule is CCC(OC(C)OC)c1ccc(C(=O)O)c(C#Cc2ccccc2)c1C12CC3CC(CC(C3)C1)C2. The van der Waals surface area contributed by atoms with Crippen LogP contribution in [0.1, 0.15) is 97.5 Å². The van der Waals surface area contributed by atoms with Gasteiger partial charge in [0.2, 0.25) is 0 Å². The number of methoxy groups -OCH3 is 1. The Labute approximate surface area is 209 Å². The molecule has 4 bridgehead atoms. The summed E-state index contributed by atoms with van der Waals surface area (Å²) in [4.78, 5) is 12.5. The zero-order valence-corrected chi connectivity index (χ0v) is 21.0. The molecule has 0 saturated heterocycles. The molecule has 0 aliphatic heterocycles. The molecule has 0 radical (unpaired) electrons. The quantitative estimate of drug-likeness (QED) is 0.359. The molecule has 1 N–H and O–H groups in total. The molecule has 4 aliphatic carbocycles. The number of hydrogen-bond donors (Lipinski definition) is 1. The fourth-order valence-corrected chi connectivity index (χ4v) is 7.52. The van der Waals surface area contributed by atoms with E-state index in [-0.39, 0.29) is 17.8 Å². The fourth-order valence-electron chi connectivity index (χ4n) is 7.52. The molecular weight excluding hydrogens is 436 g/mol. The average molecular weight is 473 g/mol. The summed E-state index contributed by atoms with van der Waals surface area (Å²) in [6.07, 6.45) is 7.63. The Morgan fingerprint density at radius 1 is 1.03 bits per heavy atom. The van der Waals surface area contributed by atoms with Crippen LogP contribution in [0, 0.1) is 29.6 Å². The van der Waals surface area contributed by atoms with Gasteiger partial charge in [0.25, 0.3) is 0 Å². The standard InChI is InChI=1S/C31H36O4/c1-4-28(35-20(2)34-3)27-13-12-26(30(32)33)25(11-10-21-8-6-5-7-9-21)29(27)31-17-22-14-23(18-31)16-24(15-22)19-31/h5-9,12-13,20,22-24,28H,4,14-19H2,1-3H3,(H,32,33). The van der Waals surface area contributed by atoms with Gasteiger partial charge in [0.05, 0.1) is 11.7 Å². The minimum absolute atomic E-state index is 0.0245. The van der Waals surface area contributed by atoms with Crippen LogP contribution in [0.2, 0.25) is 0 Å². The minimum atomic E-state index is -0.917. The minimum Gasteiger partial charge on any atom is -0.478 e. The van der Waals surface area contributed by atoms with Crippen LogP contribution in [0.4, 0.5) is 0 Å².